The van der Waals surface area contributed by atoms with Crippen molar-refractivity contribution in [3.8, 4) is 0 Å². The Morgan fingerprint density at radius 3 is 2.72 bits per heavy atom. The van der Waals surface area contributed by atoms with Gasteiger partial charge >= 0.3 is 6.09 Å². The van der Waals surface area contributed by atoms with Gasteiger partial charge in [-0.1, -0.05) is 33.8 Å². The Bertz CT molecular complexity index is 958. The van der Waals surface area contributed by atoms with E-state index in [0.717, 1.165) is 10.2 Å². The zero-order valence-corrected chi connectivity index (χ0v) is 19.4. The zero-order valence-electron chi connectivity index (χ0n) is 16.2. The number of anilines is 1. The first-order valence-corrected chi connectivity index (χ1v) is 12.4. The van der Waals surface area contributed by atoms with Crippen molar-refractivity contribution >= 4 is 60.4 Å². The maximum atomic E-state index is 12.3. The second-order valence-corrected chi connectivity index (χ2v) is 12.1. The Kier molecular flexibility index (Phi) is 6.30. The fourth-order valence-corrected chi connectivity index (χ4v) is 7.42. The van der Waals surface area contributed by atoms with Crippen LogP contribution in [0, 0.1) is 0 Å². The molecule has 8 nitrogen and oxygen atoms in total. The lowest BCUT2D eigenvalue weighted by molar-refractivity contribution is -0.117. The lowest BCUT2D eigenvalue weighted by Gasteiger charge is -2.24. The molecule has 2 heterocycles. The van der Waals surface area contributed by atoms with Crippen molar-refractivity contribution < 1.29 is 22.7 Å². The monoisotopic (exact) mass is 503 g/mol. The fourth-order valence-electron chi connectivity index (χ4n) is 3.10. The molecule has 2 atom stereocenters. The molecule has 2 aliphatic rings. The molecular weight excluding hydrogens is 482 g/mol. The van der Waals surface area contributed by atoms with Crippen LogP contribution in [0.25, 0.3) is 0 Å². The van der Waals surface area contributed by atoms with Gasteiger partial charge in [0.05, 0.1) is 17.5 Å². The Balaban J connectivity index is 1.78. The van der Waals surface area contributed by atoms with E-state index in [1.807, 2.05) is 24.3 Å². The molecule has 29 heavy (non-hydrogen) atoms. The lowest BCUT2D eigenvalue weighted by Crippen LogP contribution is -2.38. The number of rotatable bonds is 3. The van der Waals surface area contributed by atoms with E-state index in [2.05, 4.69) is 26.2 Å². The molecule has 3 rings (SSSR count). The minimum Gasteiger partial charge on any atom is -0.444 e. The number of amides is 2. The summed E-state index contributed by atoms with van der Waals surface area (Å²) < 4.78 is 30.1. The summed E-state index contributed by atoms with van der Waals surface area (Å²) >= 11 is 4.70. The number of ether oxygens (including phenoxy) is 1. The van der Waals surface area contributed by atoms with Gasteiger partial charge in [0.1, 0.15) is 12.1 Å². The summed E-state index contributed by atoms with van der Waals surface area (Å²) in [6.45, 7) is 4.88. The third kappa shape index (κ3) is 5.73. The van der Waals surface area contributed by atoms with Crippen molar-refractivity contribution in [2.45, 2.75) is 37.7 Å². The van der Waals surface area contributed by atoms with E-state index < -0.39 is 27.4 Å². The Morgan fingerprint density at radius 1 is 1.34 bits per heavy atom. The van der Waals surface area contributed by atoms with Crippen LogP contribution in [0.15, 0.2) is 33.7 Å². The predicted octanol–water partition coefficient (Wildman–Crippen LogP) is 2.58. The molecule has 0 unspecified atom stereocenters. The van der Waals surface area contributed by atoms with Gasteiger partial charge in [0.15, 0.2) is 15.0 Å². The minimum absolute atomic E-state index is 0.0144. The Morgan fingerprint density at radius 2 is 2.07 bits per heavy atom. The highest BCUT2D eigenvalue weighted by Crippen LogP contribution is 2.41. The predicted molar refractivity (Wildman–Crippen MR) is 117 cm³/mol. The topological polar surface area (TPSA) is 105 Å². The third-order valence-corrected chi connectivity index (χ3v) is 7.86. The van der Waals surface area contributed by atoms with Gasteiger partial charge < -0.3 is 15.0 Å². The van der Waals surface area contributed by atoms with Gasteiger partial charge in [-0.3, -0.25) is 4.79 Å². The fraction of sp³-hybridized carbons (Fsp3) is 0.500. The van der Waals surface area contributed by atoms with E-state index in [9.17, 15) is 18.0 Å². The minimum atomic E-state index is -3.13. The molecule has 158 valence electrons. The highest BCUT2D eigenvalue weighted by Gasteiger charge is 2.49. The number of fused-ring (bicyclic) bond motifs is 1. The van der Waals surface area contributed by atoms with E-state index in [-0.39, 0.29) is 29.3 Å². The number of benzene rings is 1. The standard InChI is InChI=1S/C18H22BrN3O5S2/c1-18(2,3)27-17(24)20-8-15(23)21-16-22(12-6-4-5-11(19)7-12)13-9-29(25,26)10-14(13)28-16/h4-7,13-14H,8-10H2,1-3H3,(H,20,24)/t13-,14+/m1/s1. The highest BCUT2D eigenvalue weighted by molar-refractivity contribution is 9.10. The van der Waals surface area contributed by atoms with E-state index in [1.165, 1.54) is 11.8 Å². The second kappa shape index (κ2) is 8.27. The van der Waals surface area contributed by atoms with Crippen LogP contribution in [-0.4, -0.2) is 60.5 Å². The lowest BCUT2D eigenvalue weighted by atomic mass is 10.2. The van der Waals surface area contributed by atoms with E-state index in [4.69, 9.17) is 4.74 Å². The normalized spacial score (nSPS) is 24.4. The Labute approximate surface area is 182 Å². The molecule has 0 radical (unpaired) electrons. The maximum Gasteiger partial charge on any atom is 0.408 e. The van der Waals surface area contributed by atoms with Gasteiger partial charge in [0.2, 0.25) is 0 Å². The van der Waals surface area contributed by atoms with Crippen molar-refractivity contribution in [3.05, 3.63) is 28.7 Å². The number of carbonyl (C=O) groups excluding carboxylic acids is 2. The number of nitrogens with zero attached hydrogens (tertiary/aromatic N) is 2. The molecule has 0 bridgehead atoms. The number of nitrogens with one attached hydrogen (secondary N) is 1. The molecule has 1 aromatic carbocycles. The first kappa shape index (κ1) is 22.1. The van der Waals surface area contributed by atoms with Crippen molar-refractivity contribution in [3.63, 3.8) is 0 Å². The van der Waals surface area contributed by atoms with E-state index >= 15 is 0 Å². The molecule has 2 amide bonds. The van der Waals surface area contributed by atoms with Crippen LogP contribution in [0.2, 0.25) is 0 Å². The summed E-state index contributed by atoms with van der Waals surface area (Å²) in [6.07, 6.45) is -0.697. The number of alkyl carbamates (subject to hydrolysis) is 1. The van der Waals surface area contributed by atoms with Crippen LogP contribution >= 0.6 is 27.7 Å². The first-order valence-electron chi connectivity index (χ1n) is 8.94. The van der Waals surface area contributed by atoms with Crippen molar-refractivity contribution in [2.24, 2.45) is 4.99 Å². The van der Waals surface area contributed by atoms with E-state index in [0.29, 0.717) is 5.17 Å². The average Bonchev–Trinajstić information content (AvgIpc) is 3.02. The molecule has 2 saturated heterocycles. The number of halogens is 1. The third-order valence-electron chi connectivity index (χ3n) is 4.16. The van der Waals surface area contributed by atoms with Crippen LogP contribution in [0.3, 0.4) is 0 Å². The van der Waals surface area contributed by atoms with Gasteiger partial charge in [-0.05, 0) is 39.0 Å². The van der Waals surface area contributed by atoms with Gasteiger partial charge in [-0.25, -0.2) is 13.2 Å². The Hall–Kier alpha value is -1.59. The number of hydrogen-bond acceptors (Lipinski definition) is 6. The molecular formula is C18H22BrN3O5S2. The summed E-state index contributed by atoms with van der Waals surface area (Å²) in [5.41, 5.74) is 0.0870. The van der Waals surface area contributed by atoms with Gasteiger partial charge in [0.25, 0.3) is 5.91 Å². The van der Waals surface area contributed by atoms with Gasteiger partial charge in [-0.2, -0.15) is 4.99 Å². The van der Waals surface area contributed by atoms with Crippen LogP contribution in [0.5, 0.6) is 0 Å². The summed E-state index contributed by atoms with van der Waals surface area (Å²) in [7, 11) is -3.13. The first-order chi connectivity index (χ1) is 13.4. The molecule has 1 aromatic rings. The number of hydrogen-bond donors (Lipinski definition) is 1. The summed E-state index contributed by atoms with van der Waals surface area (Å²) in [4.78, 5) is 30.0. The van der Waals surface area contributed by atoms with Crippen LogP contribution < -0.4 is 10.2 Å². The number of amidine groups is 1. The van der Waals surface area contributed by atoms with Crippen LogP contribution in [0.4, 0.5) is 10.5 Å². The van der Waals surface area contributed by atoms with Crippen LogP contribution in [0.1, 0.15) is 20.8 Å². The quantitative estimate of drug-likeness (QED) is 0.675. The number of aliphatic imine (C=N–C) groups is 1. The molecule has 0 aliphatic carbocycles. The number of sulfone groups is 1. The SMILES string of the molecule is CC(C)(C)OC(=O)NCC(=O)N=C1S[C@H]2CS(=O)(=O)C[C@H]2N1c1cccc(Br)c1. The zero-order chi connectivity index (χ0) is 21.4. The van der Waals surface area contributed by atoms with Crippen molar-refractivity contribution in [1.29, 1.82) is 0 Å². The number of thioether (sulfide) groups is 1. The molecule has 0 spiro atoms. The second-order valence-electron chi connectivity index (χ2n) is 7.79. The summed E-state index contributed by atoms with van der Waals surface area (Å²) in [5, 5.41) is 2.64. The summed E-state index contributed by atoms with van der Waals surface area (Å²) in [6, 6.07) is 7.11. The molecule has 2 aliphatic heterocycles. The molecule has 1 N–H and O–H groups in total. The van der Waals surface area contributed by atoms with Gasteiger partial charge in [0, 0.05) is 15.4 Å². The molecule has 2 fully saturated rings. The number of carbonyl (C=O) groups is 2. The van der Waals surface area contributed by atoms with Crippen molar-refractivity contribution in [1.82, 2.24) is 5.32 Å². The highest BCUT2D eigenvalue weighted by atomic mass is 79.9. The maximum absolute atomic E-state index is 12.3. The van der Waals surface area contributed by atoms with E-state index in [1.54, 1.807) is 25.7 Å². The smallest absolute Gasteiger partial charge is 0.408 e. The van der Waals surface area contributed by atoms with Gasteiger partial charge in [-0.15, -0.1) is 0 Å². The molecule has 0 aromatic heterocycles. The average molecular weight is 504 g/mol. The molecule has 0 saturated carbocycles. The largest absolute Gasteiger partial charge is 0.444 e. The molecule has 11 heteroatoms. The summed E-state index contributed by atoms with van der Waals surface area (Å²) in [5.74, 6) is -0.474. The van der Waals surface area contributed by atoms with Crippen molar-refractivity contribution in [2.75, 3.05) is 23.0 Å². The van der Waals surface area contributed by atoms with Crippen LogP contribution in [-0.2, 0) is 19.4 Å².